The van der Waals surface area contributed by atoms with Gasteiger partial charge >= 0.3 is 0 Å². The number of ketones is 1. The van der Waals surface area contributed by atoms with E-state index in [2.05, 4.69) is 25.7 Å². The average Bonchev–Trinajstić information content (AvgIpc) is 3.33. The first-order valence-electron chi connectivity index (χ1n) is 16.9. The first kappa shape index (κ1) is 30.0. The molecule has 7 aliphatic rings. The molecule has 4 aliphatic carbocycles. The summed E-state index contributed by atoms with van der Waals surface area (Å²) < 4.78 is 11.8. The van der Waals surface area contributed by atoms with Crippen LogP contribution in [0.3, 0.4) is 0 Å². The fourth-order valence-corrected chi connectivity index (χ4v) is 11.8. The molecule has 5 N–H and O–H groups in total. The summed E-state index contributed by atoms with van der Waals surface area (Å²) in [5, 5.41) is 52.4. The molecule has 0 spiro atoms. The normalized spacial score (nSPS) is 57.9. The van der Waals surface area contributed by atoms with Crippen molar-refractivity contribution < 1.29 is 39.8 Å². The molecular formula is C33H53NO8. The standard InChI is InChI=1S/C33H53NO8/c1-16-4-7-27-33(3,40)22-6-5-18-19(21(22)14-34(27)13-16)11-23-20(18)12-25(36)24-10-17(8-9-32(23,24)2)41-31-30(39)29(38)28(37)26(15-35)42-31/h16-24,26-31,35,37-40H,4-15H2,1-3H3/t16-,17+,18-,19-,20+,21+,22+,23-,24-,26+,27-,28+,29-,30+,31+,32+,33+/m1/s1. The average molecular weight is 592 g/mol. The Hall–Kier alpha value is -0.650. The van der Waals surface area contributed by atoms with Crippen LogP contribution in [0.15, 0.2) is 0 Å². The third-order valence-electron chi connectivity index (χ3n) is 14.0. The summed E-state index contributed by atoms with van der Waals surface area (Å²) in [6, 6.07) is 0.276. The van der Waals surface area contributed by atoms with E-state index in [0.717, 1.165) is 51.6 Å². The van der Waals surface area contributed by atoms with Crippen LogP contribution in [-0.4, -0.2) is 104 Å². The Kier molecular flexibility index (Phi) is 7.66. The zero-order valence-electron chi connectivity index (χ0n) is 25.6. The van der Waals surface area contributed by atoms with Gasteiger partial charge in [-0.2, -0.15) is 0 Å². The molecule has 0 amide bonds. The summed E-state index contributed by atoms with van der Waals surface area (Å²) in [7, 11) is 0. The van der Waals surface area contributed by atoms with E-state index in [1.165, 1.54) is 6.42 Å². The van der Waals surface area contributed by atoms with Gasteiger partial charge in [-0.1, -0.05) is 13.8 Å². The Morgan fingerprint density at radius 2 is 1.69 bits per heavy atom. The maximum Gasteiger partial charge on any atom is 0.186 e. The number of ether oxygens (including phenoxy) is 2. The molecule has 0 bridgehead atoms. The molecule has 3 aliphatic heterocycles. The number of carbonyl (C=O) groups is 1. The minimum absolute atomic E-state index is 0.0958. The number of rotatable bonds is 3. The molecule has 17 atom stereocenters. The van der Waals surface area contributed by atoms with E-state index >= 15 is 0 Å². The Morgan fingerprint density at radius 3 is 2.45 bits per heavy atom. The van der Waals surface area contributed by atoms with Crippen LogP contribution in [0.2, 0.25) is 0 Å². The summed E-state index contributed by atoms with van der Waals surface area (Å²) in [5.41, 5.74) is -0.745. The highest BCUT2D eigenvalue weighted by molar-refractivity contribution is 5.83. The number of nitrogens with zero attached hydrogens (tertiary/aromatic N) is 1. The van der Waals surface area contributed by atoms with Crippen LogP contribution in [0, 0.1) is 52.8 Å². The SMILES string of the molecule is C[C@@H]1CC[C@H]2N(C1)C[C@H]1[C@@H]3C[C@@H]4[C@@H](CC(=O)[C@H]5C[C@@H](O[C@H]6O[C@@H](CO)[C@H](O)[C@@H](O)[C@@H]6O)CC[C@]54C)[C@@H]3CC[C@@H]1[C@]2(C)O. The second kappa shape index (κ2) is 10.7. The van der Waals surface area contributed by atoms with Crippen LogP contribution >= 0.6 is 0 Å². The van der Waals surface area contributed by atoms with E-state index in [1.54, 1.807) is 0 Å². The monoisotopic (exact) mass is 591 g/mol. The van der Waals surface area contributed by atoms with Crippen molar-refractivity contribution in [3.05, 3.63) is 0 Å². The van der Waals surface area contributed by atoms with Gasteiger partial charge in [-0.15, -0.1) is 0 Å². The number of hydrogen-bond donors (Lipinski definition) is 5. The Balaban J connectivity index is 1.07. The number of fused-ring (bicyclic) bond motifs is 8. The van der Waals surface area contributed by atoms with Gasteiger partial charge in [0.1, 0.15) is 30.2 Å². The fraction of sp³-hybridized carbons (Fsp3) is 0.970. The van der Waals surface area contributed by atoms with Crippen molar-refractivity contribution >= 4 is 5.78 Å². The summed E-state index contributed by atoms with van der Waals surface area (Å²) in [5.74, 6) is 3.79. The number of aliphatic hydroxyl groups excluding tert-OH is 4. The van der Waals surface area contributed by atoms with Gasteiger partial charge in [-0.05, 0) is 105 Å². The molecule has 3 saturated heterocycles. The molecule has 4 saturated carbocycles. The minimum atomic E-state index is -1.47. The van der Waals surface area contributed by atoms with Gasteiger partial charge < -0.3 is 35.0 Å². The molecule has 0 radical (unpaired) electrons. The first-order chi connectivity index (χ1) is 19.9. The molecule has 9 heteroatoms. The molecule has 0 aromatic rings. The lowest BCUT2D eigenvalue weighted by atomic mass is 9.51. The predicted molar refractivity (Wildman–Crippen MR) is 153 cm³/mol. The molecule has 0 unspecified atom stereocenters. The van der Waals surface area contributed by atoms with Gasteiger partial charge in [-0.25, -0.2) is 0 Å². The van der Waals surface area contributed by atoms with Crippen LogP contribution in [-0.2, 0) is 14.3 Å². The number of hydrogen-bond acceptors (Lipinski definition) is 9. The summed E-state index contributed by atoms with van der Waals surface area (Å²) in [4.78, 5) is 16.5. The Labute approximate surface area is 249 Å². The van der Waals surface area contributed by atoms with Crippen LogP contribution in [0.4, 0.5) is 0 Å². The number of Topliss-reactive ketones (excluding diaryl/α,β-unsaturated/α-hetero) is 1. The van der Waals surface area contributed by atoms with Gasteiger partial charge in [0.05, 0.1) is 18.3 Å². The van der Waals surface area contributed by atoms with Crippen molar-refractivity contribution in [1.29, 1.82) is 0 Å². The molecule has 0 aromatic heterocycles. The highest BCUT2D eigenvalue weighted by atomic mass is 16.7. The Bertz CT molecular complexity index is 1040. The van der Waals surface area contributed by atoms with E-state index in [4.69, 9.17) is 9.47 Å². The lowest BCUT2D eigenvalue weighted by molar-refractivity contribution is -0.315. The summed E-state index contributed by atoms with van der Waals surface area (Å²) in [6.45, 7) is 8.49. The van der Waals surface area contributed by atoms with Gasteiger partial charge in [0, 0.05) is 31.5 Å². The van der Waals surface area contributed by atoms with Crippen LogP contribution < -0.4 is 0 Å². The van der Waals surface area contributed by atoms with Crippen molar-refractivity contribution in [1.82, 2.24) is 4.90 Å². The lowest BCUT2D eigenvalue weighted by Gasteiger charge is -2.59. The van der Waals surface area contributed by atoms with E-state index in [9.17, 15) is 30.3 Å². The largest absolute Gasteiger partial charge is 0.394 e. The quantitative estimate of drug-likeness (QED) is 0.310. The summed E-state index contributed by atoms with van der Waals surface area (Å²) >= 11 is 0. The molecule has 9 nitrogen and oxygen atoms in total. The zero-order chi connectivity index (χ0) is 29.7. The highest BCUT2D eigenvalue weighted by Crippen LogP contribution is 2.66. The molecule has 0 aromatic carbocycles. The van der Waals surface area contributed by atoms with Crippen molar-refractivity contribution in [2.24, 2.45) is 52.8 Å². The Morgan fingerprint density at radius 1 is 0.905 bits per heavy atom. The minimum Gasteiger partial charge on any atom is -0.394 e. The number of aliphatic hydroxyl groups is 5. The fourth-order valence-electron chi connectivity index (χ4n) is 11.8. The molecular weight excluding hydrogens is 538 g/mol. The van der Waals surface area contributed by atoms with Crippen LogP contribution in [0.1, 0.15) is 78.6 Å². The number of carbonyl (C=O) groups excluding carboxylic acids is 1. The van der Waals surface area contributed by atoms with Gasteiger partial charge in [-0.3, -0.25) is 9.69 Å². The van der Waals surface area contributed by atoms with Crippen molar-refractivity contribution in [2.75, 3.05) is 19.7 Å². The second-order valence-electron chi connectivity index (χ2n) is 16.0. The van der Waals surface area contributed by atoms with Crippen molar-refractivity contribution in [3.8, 4) is 0 Å². The van der Waals surface area contributed by atoms with Crippen LogP contribution in [0.25, 0.3) is 0 Å². The van der Waals surface area contributed by atoms with Crippen LogP contribution in [0.5, 0.6) is 0 Å². The molecule has 238 valence electrons. The number of piperidine rings is 2. The first-order valence-corrected chi connectivity index (χ1v) is 16.9. The lowest BCUT2D eigenvalue weighted by Crippen LogP contribution is -2.67. The third-order valence-corrected chi connectivity index (χ3v) is 14.0. The predicted octanol–water partition coefficient (Wildman–Crippen LogP) is 1.71. The van der Waals surface area contributed by atoms with E-state index < -0.39 is 42.9 Å². The van der Waals surface area contributed by atoms with E-state index in [1.807, 2.05) is 0 Å². The second-order valence-corrected chi connectivity index (χ2v) is 16.0. The van der Waals surface area contributed by atoms with Crippen molar-refractivity contribution in [2.45, 2.75) is 127 Å². The molecule has 7 fully saturated rings. The van der Waals surface area contributed by atoms with Gasteiger partial charge in [0.2, 0.25) is 0 Å². The maximum atomic E-state index is 13.9. The molecule has 7 rings (SSSR count). The van der Waals surface area contributed by atoms with E-state index in [-0.39, 0.29) is 23.5 Å². The van der Waals surface area contributed by atoms with Crippen molar-refractivity contribution in [3.63, 3.8) is 0 Å². The maximum absolute atomic E-state index is 13.9. The molecule has 3 heterocycles. The highest BCUT2D eigenvalue weighted by Gasteiger charge is 2.64. The van der Waals surface area contributed by atoms with E-state index in [0.29, 0.717) is 60.1 Å². The van der Waals surface area contributed by atoms with Gasteiger partial charge in [0.15, 0.2) is 6.29 Å². The summed E-state index contributed by atoms with van der Waals surface area (Å²) in [6.07, 6.45) is 1.67. The smallest absolute Gasteiger partial charge is 0.186 e. The molecule has 42 heavy (non-hydrogen) atoms. The zero-order valence-corrected chi connectivity index (χ0v) is 25.6. The van der Waals surface area contributed by atoms with Gasteiger partial charge in [0.25, 0.3) is 0 Å². The topological polar surface area (TPSA) is 140 Å². The third kappa shape index (κ3) is 4.50.